The molecule has 0 radical (unpaired) electrons. The molecule has 10 heteroatoms. The topological polar surface area (TPSA) is 118 Å². The minimum absolute atomic E-state index is 0.0199. The summed E-state index contributed by atoms with van der Waals surface area (Å²) in [6.07, 6.45) is 5.19. The number of H-pyrrole nitrogens is 1. The number of hydrogen-bond acceptors (Lipinski definition) is 5. The molecule has 0 bridgehead atoms. The number of aryl methyl sites for hydroxylation is 3. The Hall–Kier alpha value is -3.56. The van der Waals surface area contributed by atoms with Gasteiger partial charge in [-0.2, -0.15) is 14.6 Å². The third-order valence-corrected chi connectivity index (χ3v) is 6.85. The Morgan fingerprint density at radius 3 is 2.57 bits per heavy atom. The molecule has 3 aromatic rings. The first kappa shape index (κ1) is 24.6. The van der Waals surface area contributed by atoms with Crippen molar-refractivity contribution in [2.45, 2.75) is 66.0 Å². The highest BCUT2D eigenvalue weighted by Crippen LogP contribution is 2.32. The van der Waals surface area contributed by atoms with Crippen molar-refractivity contribution < 1.29 is 14.0 Å². The number of carbonyl (C=O) groups is 2. The van der Waals surface area contributed by atoms with Crippen LogP contribution in [0.4, 0.5) is 10.2 Å². The van der Waals surface area contributed by atoms with Crippen molar-refractivity contribution in [3.63, 3.8) is 0 Å². The number of hydrogen-bond donors (Lipinski definition) is 3. The Kier molecular flexibility index (Phi) is 7.28. The van der Waals surface area contributed by atoms with Crippen LogP contribution < -0.4 is 10.6 Å². The normalized spacial score (nSPS) is 18.8. The Morgan fingerprint density at radius 1 is 1.20 bits per heavy atom. The van der Waals surface area contributed by atoms with Gasteiger partial charge in [-0.3, -0.25) is 19.4 Å². The van der Waals surface area contributed by atoms with Gasteiger partial charge in [0.2, 0.25) is 11.9 Å². The molecule has 186 valence electrons. The number of nitrogens with zero attached hydrogens (tertiary/aromatic N) is 4. The number of nitrogens with one attached hydrogen (secondary N) is 3. The predicted octanol–water partition coefficient (Wildman–Crippen LogP) is 4.01. The van der Waals surface area contributed by atoms with Crippen molar-refractivity contribution in [1.29, 1.82) is 0 Å². The van der Waals surface area contributed by atoms with Gasteiger partial charge in [-0.15, -0.1) is 0 Å². The number of carbonyl (C=O) groups excluding carboxylic acids is 2. The van der Waals surface area contributed by atoms with Crippen LogP contribution in [0.1, 0.15) is 61.4 Å². The summed E-state index contributed by atoms with van der Waals surface area (Å²) < 4.78 is 16.5. The molecule has 3 heterocycles. The fourth-order valence-electron chi connectivity index (χ4n) is 4.85. The first-order valence-corrected chi connectivity index (χ1v) is 12.1. The monoisotopic (exact) mass is 481 g/mol. The maximum atomic E-state index is 14.9. The lowest BCUT2D eigenvalue weighted by Crippen LogP contribution is -2.49. The largest absolute Gasteiger partial charge is 0.339 e. The number of aromatic amines is 1. The van der Waals surface area contributed by atoms with Crippen molar-refractivity contribution in [2.24, 2.45) is 11.8 Å². The summed E-state index contributed by atoms with van der Waals surface area (Å²) in [6, 6.07) is 4.01. The molecule has 1 saturated carbocycles. The van der Waals surface area contributed by atoms with E-state index < -0.39 is 17.9 Å². The van der Waals surface area contributed by atoms with Gasteiger partial charge in [0.15, 0.2) is 0 Å². The summed E-state index contributed by atoms with van der Waals surface area (Å²) >= 11 is 0. The van der Waals surface area contributed by atoms with Crippen LogP contribution >= 0.6 is 0 Å². The molecule has 0 spiro atoms. The number of aromatic nitrogens is 5. The van der Waals surface area contributed by atoms with Crippen LogP contribution in [0.15, 0.2) is 24.4 Å². The van der Waals surface area contributed by atoms with E-state index in [2.05, 4.69) is 37.8 Å². The number of amides is 2. The molecule has 1 fully saturated rings. The summed E-state index contributed by atoms with van der Waals surface area (Å²) in [5.74, 6) is -0.801. The van der Waals surface area contributed by atoms with Gasteiger partial charge in [0.05, 0.1) is 5.69 Å². The molecule has 1 aliphatic rings. The average Bonchev–Trinajstić information content (AvgIpc) is 3.44. The van der Waals surface area contributed by atoms with E-state index in [0.717, 1.165) is 31.4 Å². The van der Waals surface area contributed by atoms with Crippen LogP contribution in [-0.2, 0) is 11.3 Å². The zero-order chi connectivity index (χ0) is 25.1. The molecule has 3 N–H and O–H groups in total. The van der Waals surface area contributed by atoms with Crippen LogP contribution in [0.3, 0.4) is 0 Å². The summed E-state index contributed by atoms with van der Waals surface area (Å²) in [5.41, 5.74) is 2.77. The summed E-state index contributed by atoms with van der Waals surface area (Å²) in [6.45, 7) is 8.23. The molecular weight excluding hydrogens is 449 g/mol. The van der Waals surface area contributed by atoms with E-state index >= 15 is 0 Å². The fourth-order valence-corrected chi connectivity index (χ4v) is 4.85. The smallest absolute Gasteiger partial charge is 0.270 e. The van der Waals surface area contributed by atoms with Gasteiger partial charge >= 0.3 is 0 Å². The van der Waals surface area contributed by atoms with E-state index in [-0.39, 0.29) is 17.6 Å². The van der Waals surface area contributed by atoms with Crippen LogP contribution in [-0.4, -0.2) is 42.8 Å². The molecule has 2 amide bonds. The third-order valence-electron chi connectivity index (χ3n) is 6.85. The van der Waals surface area contributed by atoms with E-state index in [1.54, 1.807) is 36.0 Å². The zero-order valence-electron chi connectivity index (χ0n) is 20.6. The van der Waals surface area contributed by atoms with Gasteiger partial charge in [-0.25, -0.2) is 4.98 Å². The second kappa shape index (κ2) is 10.4. The number of rotatable bonds is 7. The first-order chi connectivity index (χ1) is 16.8. The Morgan fingerprint density at radius 2 is 1.94 bits per heavy atom. The second-order valence-corrected chi connectivity index (χ2v) is 9.34. The second-order valence-electron chi connectivity index (χ2n) is 9.34. The van der Waals surface area contributed by atoms with Crippen LogP contribution in [0.2, 0.25) is 0 Å². The number of halogens is 1. The van der Waals surface area contributed by atoms with Crippen molar-refractivity contribution in [2.75, 3.05) is 5.32 Å². The molecular formula is C25H32FN7O2. The molecule has 1 atom stereocenters. The highest BCUT2D eigenvalue weighted by atomic mass is 19.1. The molecule has 0 aromatic carbocycles. The van der Waals surface area contributed by atoms with Crippen LogP contribution in [0, 0.1) is 31.6 Å². The number of anilines is 1. The molecule has 35 heavy (non-hydrogen) atoms. The van der Waals surface area contributed by atoms with Gasteiger partial charge in [0, 0.05) is 29.6 Å². The maximum absolute atomic E-state index is 14.9. The molecule has 0 saturated heterocycles. The highest BCUT2D eigenvalue weighted by molar-refractivity contribution is 6.00. The van der Waals surface area contributed by atoms with Gasteiger partial charge in [0.1, 0.15) is 17.6 Å². The standard InChI is InChI=1S/C25H32FN7O2/c1-5-33-19(12-13-27-33)24(34)30-22(17-8-6-14(2)7-9-17)25(35)29-20-11-10-18(23(26)28-20)21-15(3)31-32-16(21)4/h10-14,17,22H,5-9H2,1-4H3,(H,30,34)(H,31,32)(H,28,29,35)/t14?,17?,22-/m0/s1. The number of pyridine rings is 1. The van der Waals surface area contributed by atoms with Crippen molar-refractivity contribution in [3.8, 4) is 11.1 Å². The molecule has 1 aliphatic carbocycles. The van der Waals surface area contributed by atoms with Crippen molar-refractivity contribution in [3.05, 3.63) is 47.4 Å². The maximum Gasteiger partial charge on any atom is 0.270 e. The van der Waals surface area contributed by atoms with Gasteiger partial charge in [-0.1, -0.05) is 19.8 Å². The van der Waals surface area contributed by atoms with Gasteiger partial charge < -0.3 is 10.6 Å². The Balaban J connectivity index is 1.55. The lowest BCUT2D eigenvalue weighted by atomic mass is 9.79. The van der Waals surface area contributed by atoms with Crippen molar-refractivity contribution >= 4 is 17.6 Å². The lowest BCUT2D eigenvalue weighted by molar-refractivity contribution is -0.119. The van der Waals surface area contributed by atoms with E-state index in [1.807, 2.05) is 13.8 Å². The SMILES string of the molecule is CCn1nccc1C(=O)N[C@H](C(=O)Nc1ccc(-c2c(C)n[nH]c2C)c(F)n1)C1CCC(C)CC1. The minimum Gasteiger partial charge on any atom is -0.339 e. The highest BCUT2D eigenvalue weighted by Gasteiger charge is 2.33. The molecule has 0 unspecified atom stereocenters. The van der Waals surface area contributed by atoms with Gasteiger partial charge in [-0.05, 0) is 63.6 Å². The quantitative estimate of drug-likeness (QED) is 0.441. The summed E-state index contributed by atoms with van der Waals surface area (Å²) in [5, 5.41) is 16.7. The lowest BCUT2D eigenvalue weighted by Gasteiger charge is -2.32. The first-order valence-electron chi connectivity index (χ1n) is 12.1. The zero-order valence-corrected chi connectivity index (χ0v) is 20.6. The fraction of sp³-hybridized carbons (Fsp3) is 0.480. The third kappa shape index (κ3) is 5.26. The molecule has 0 aliphatic heterocycles. The Labute approximate surface area is 203 Å². The average molecular weight is 482 g/mol. The molecule has 4 rings (SSSR count). The predicted molar refractivity (Wildman–Crippen MR) is 130 cm³/mol. The van der Waals surface area contributed by atoms with E-state index in [1.165, 1.54) is 0 Å². The summed E-state index contributed by atoms with van der Waals surface area (Å²) in [7, 11) is 0. The van der Waals surface area contributed by atoms with Gasteiger partial charge in [0.25, 0.3) is 5.91 Å². The van der Waals surface area contributed by atoms with E-state index in [9.17, 15) is 14.0 Å². The van der Waals surface area contributed by atoms with Crippen LogP contribution in [0.25, 0.3) is 11.1 Å². The molecule has 3 aromatic heterocycles. The van der Waals surface area contributed by atoms with E-state index in [0.29, 0.717) is 35.0 Å². The minimum atomic E-state index is -0.766. The summed E-state index contributed by atoms with van der Waals surface area (Å²) in [4.78, 5) is 30.4. The van der Waals surface area contributed by atoms with Crippen molar-refractivity contribution in [1.82, 2.24) is 30.3 Å². The van der Waals surface area contributed by atoms with Crippen LogP contribution in [0.5, 0.6) is 0 Å². The molecule has 9 nitrogen and oxygen atoms in total. The Bertz CT molecular complexity index is 1190. The van der Waals surface area contributed by atoms with E-state index in [4.69, 9.17) is 0 Å².